The molecule has 1 saturated carbocycles. The largest absolute Gasteiger partial charge is 0.508 e. The molecule has 4 rings (SSSR count). The Morgan fingerprint density at radius 1 is 1.00 bits per heavy atom. The molecule has 0 unspecified atom stereocenters. The minimum Gasteiger partial charge on any atom is -0.508 e. The molecule has 0 bridgehead atoms. The molecule has 29 heavy (non-hydrogen) atoms. The van der Waals surface area contributed by atoms with Gasteiger partial charge in [-0.1, -0.05) is 22.0 Å². The number of Topliss-reactive ketones (excluding diaryl/α,β-unsaturated/α-hetero) is 1. The van der Waals surface area contributed by atoms with E-state index >= 15 is 0 Å². The lowest BCUT2D eigenvalue weighted by Crippen LogP contribution is -2.49. The van der Waals surface area contributed by atoms with Crippen molar-refractivity contribution in [3.63, 3.8) is 0 Å². The van der Waals surface area contributed by atoms with Crippen molar-refractivity contribution in [1.82, 2.24) is 0 Å². The van der Waals surface area contributed by atoms with Crippen molar-refractivity contribution >= 4 is 27.3 Å². The second-order valence-corrected chi connectivity index (χ2v) is 9.67. The summed E-state index contributed by atoms with van der Waals surface area (Å²) in [4.78, 5) is 13.3. The fraction of sp³-hybridized carbons (Fsp3) is 0.375. The minimum atomic E-state index is -1.02. The van der Waals surface area contributed by atoms with E-state index in [1.54, 1.807) is 27.7 Å². The summed E-state index contributed by atoms with van der Waals surface area (Å²) < 4.78 is 12.9. The lowest BCUT2D eigenvalue weighted by atomic mass is 9.81. The van der Waals surface area contributed by atoms with Crippen LogP contribution < -0.4 is 4.74 Å². The number of benzene rings is 2. The lowest BCUT2D eigenvalue weighted by Gasteiger charge is -2.40. The molecule has 4 nitrogen and oxygen atoms in total. The Morgan fingerprint density at radius 2 is 1.62 bits per heavy atom. The molecule has 1 aliphatic heterocycles. The third kappa shape index (κ3) is 3.86. The molecule has 0 spiro atoms. The third-order valence-corrected chi connectivity index (χ3v) is 5.98. The number of carbonyl (C=O) groups excluding carboxylic acids is 1. The summed E-state index contributed by atoms with van der Waals surface area (Å²) >= 11 is 3.42. The number of ether oxygens (including phenoxy) is 2. The van der Waals surface area contributed by atoms with Gasteiger partial charge < -0.3 is 14.6 Å². The standard InChI is InChI=1S/C24H25BrO4/c1-23(2)21(26)20(22(27)24(3,4)29-23)19-13-17(11-12-18(19)14-5-6-14)28-16-9-7-15(25)8-10-16/h7-14,26H,5-6H2,1-4H3. The number of ketones is 1. The van der Waals surface area contributed by atoms with E-state index < -0.39 is 11.2 Å². The van der Waals surface area contributed by atoms with Crippen LogP contribution >= 0.6 is 15.9 Å². The van der Waals surface area contributed by atoms with Crippen LogP contribution in [0.5, 0.6) is 11.5 Å². The zero-order chi connectivity index (χ0) is 21.0. The van der Waals surface area contributed by atoms with Crippen LogP contribution in [0.15, 0.2) is 52.7 Å². The first-order valence-corrected chi connectivity index (χ1v) is 10.6. The van der Waals surface area contributed by atoms with E-state index in [1.165, 1.54) is 0 Å². The van der Waals surface area contributed by atoms with Gasteiger partial charge in [0.25, 0.3) is 0 Å². The molecule has 152 valence electrons. The van der Waals surface area contributed by atoms with Gasteiger partial charge in [0, 0.05) is 4.47 Å². The number of hydrogen-bond donors (Lipinski definition) is 1. The molecule has 1 heterocycles. The molecule has 5 heteroatoms. The molecule has 2 aliphatic rings. The van der Waals surface area contributed by atoms with Gasteiger partial charge in [-0.3, -0.25) is 4.79 Å². The van der Waals surface area contributed by atoms with Gasteiger partial charge in [0.2, 0.25) is 0 Å². The highest BCUT2D eigenvalue weighted by Gasteiger charge is 2.47. The minimum absolute atomic E-state index is 0.0236. The van der Waals surface area contributed by atoms with Crippen LogP contribution in [-0.2, 0) is 9.53 Å². The van der Waals surface area contributed by atoms with Crippen LogP contribution in [0, 0.1) is 0 Å². The van der Waals surface area contributed by atoms with Gasteiger partial charge >= 0.3 is 0 Å². The number of carbonyl (C=O) groups is 1. The molecule has 1 fully saturated rings. The molecule has 0 atom stereocenters. The molecule has 2 aromatic rings. The predicted molar refractivity (Wildman–Crippen MR) is 116 cm³/mol. The maximum atomic E-state index is 13.3. The molecule has 0 saturated heterocycles. The van der Waals surface area contributed by atoms with Gasteiger partial charge in [-0.15, -0.1) is 0 Å². The van der Waals surface area contributed by atoms with E-state index in [0.29, 0.717) is 23.0 Å². The van der Waals surface area contributed by atoms with E-state index in [0.717, 1.165) is 28.4 Å². The van der Waals surface area contributed by atoms with Crippen LogP contribution in [0.25, 0.3) is 5.57 Å². The Bertz CT molecular complexity index is 998. The van der Waals surface area contributed by atoms with E-state index in [9.17, 15) is 9.90 Å². The number of hydrogen-bond acceptors (Lipinski definition) is 4. The molecule has 2 aromatic carbocycles. The van der Waals surface area contributed by atoms with Crippen LogP contribution in [-0.4, -0.2) is 22.1 Å². The Hall–Kier alpha value is -2.11. The van der Waals surface area contributed by atoms with E-state index in [2.05, 4.69) is 15.9 Å². The van der Waals surface area contributed by atoms with Crippen molar-refractivity contribution in [2.75, 3.05) is 0 Å². The van der Waals surface area contributed by atoms with Gasteiger partial charge in [-0.2, -0.15) is 0 Å². The summed E-state index contributed by atoms with van der Waals surface area (Å²) in [5.74, 6) is 1.51. The Balaban J connectivity index is 1.82. The Kier molecular flexibility index (Phi) is 4.87. The lowest BCUT2D eigenvalue weighted by molar-refractivity contribution is -0.158. The number of aliphatic hydroxyl groups excluding tert-OH is 1. The van der Waals surface area contributed by atoms with Crippen molar-refractivity contribution in [1.29, 1.82) is 0 Å². The van der Waals surface area contributed by atoms with Crippen LogP contribution in [0.3, 0.4) is 0 Å². The average molecular weight is 457 g/mol. The first kappa shape index (κ1) is 20.2. The van der Waals surface area contributed by atoms with Crippen molar-refractivity contribution in [2.45, 2.75) is 57.7 Å². The van der Waals surface area contributed by atoms with Gasteiger partial charge in [-0.25, -0.2) is 0 Å². The number of halogens is 1. The molecule has 0 amide bonds. The summed E-state index contributed by atoms with van der Waals surface area (Å²) in [5, 5.41) is 11.0. The number of rotatable bonds is 4. The van der Waals surface area contributed by atoms with Crippen LogP contribution in [0.1, 0.15) is 57.6 Å². The highest BCUT2D eigenvalue weighted by Crippen LogP contribution is 2.48. The predicted octanol–water partition coefficient (Wildman–Crippen LogP) is 6.54. The van der Waals surface area contributed by atoms with E-state index in [-0.39, 0.29) is 11.5 Å². The third-order valence-electron chi connectivity index (χ3n) is 5.45. The Labute approximate surface area is 179 Å². The highest BCUT2D eigenvalue weighted by molar-refractivity contribution is 9.10. The maximum Gasteiger partial charge on any atom is 0.198 e. The van der Waals surface area contributed by atoms with Crippen molar-refractivity contribution in [3.8, 4) is 11.5 Å². The monoisotopic (exact) mass is 456 g/mol. The summed E-state index contributed by atoms with van der Waals surface area (Å²) in [7, 11) is 0. The van der Waals surface area contributed by atoms with E-state index in [1.807, 2.05) is 42.5 Å². The van der Waals surface area contributed by atoms with Gasteiger partial charge in [-0.05, 0) is 94.0 Å². The summed E-state index contributed by atoms with van der Waals surface area (Å²) in [6.07, 6.45) is 2.18. The first-order chi connectivity index (χ1) is 13.6. The average Bonchev–Trinajstić information content (AvgIpc) is 3.47. The summed E-state index contributed by atoms with van der Waals surface area (Å²) in [6, 6.07) is 13.4. The molecule has 1 N–H and O–H groups in total. The van der Waals surface area contributed by atoms with Gasteiger partial charge in [0.05, 0.1) is 5.57 Å². The smallest absolute Gasteiger partial charge is 0.198 e. The van der Waals surface area contributed by atoms with Crippen molar-refractivity contribution in [3.05, 3.63) is 63.8 Å². The van der Waals surface area contributed by atoms with Crippen LogP contribution in [0.2, 0.25) is 0 Å². The zero-order valence-electron chi connectivity index (χ0n) is 17.1. The molecule has 0 radical (unpaired) electrons. The number of aliphatic hydroxyl groups is 1. The maximum absolute atomic E-state index is 13.3. The summed E-state index contributed by atoms with van der Waals surface area (Å²) in [6.45, 7) is 7.08. The second-order valence-electron chi connectivity index (χ2n) is 8.75. The van der Waals surface area contributed by atoms with Gasteiger partial charge in [0.1, 0.15) is 28.5 Å². The normalized spacial score (nSPS) is 20.7. The Morgan fingerprint density at radius 3 is 2.24 bits per heavy atom. The second kappa shape index (κ2) is 6.99. The molecular weight excluding hydrogens is 432 g/mol. The fourth-order valence-corrected chi connectivity index (χ4v) is 4.16. The van der Waals surface area contributed by atoms with Crippen molar-refractivity contribution in [2.24, 2.45) is 0 Å². The van der Waals surface area contributed by atoms with Gasteiger partial charge in [0.15, 0.2) is 5.78 Å². The zero-order valence-corrected chi connectivity index (χ0v) is 18.7. The fourth-order valence-electron chi connectivity index (χ4n) is 3.90. The molecule has 1 aliphatic carbocycles. The highest BCUT2D eigenvalue weighted by atomic mass is 79.9. The topological polar surface area (TPSA) is 55.8 Å². The van der Waals surface area contributed by atoms with E-state index in [4.69, 9.17) is 9.47 Å². The molecular formula is C24H25BrO4. The quantitative estimate of drug-likeness (QED) is 0.566. The van der Waals surface area contributed by atoms with Crippen molar-refractivity contribution < 1.29 is 19.4 Å². The SMILES string of the molecule is CC1(C)OC(C)(C)C(O)=C(c2cc(Oc3ccc(Br)cc3)ccc2C2CC2)C1=O. The molecule has 0 aromatic heterocycles. The van der Waals surface area contributed by atoms with Crippen LogP contribution in [0.4, 0.5) is 0 Å². The first-order valence-electron chi connectivity index (χ1n) is 9.85. The summed E-state index contributed by atoms with van der Waals surface area (Å²) in [5.41, 5.74) is 0.199.